The van der Waals surface area contributed by atoms with Crippen LogP contribution in [0.3, 0.4) is 0 Å². The topological polar surface area (TPSA) is 166 Å². The van der Waals surface area contributed by atoms with Crippen molar-refractivity contribution in [3.05, 3.63) is 0 Å². The Balaban J connectivity index is -0.000000262. The third-order valence-electron chi connectivity index (χ3n) is 10.4. The molecule has 0 aromatic heterocycles. The summed E-state index contributed by atoms with van der Waals surface area (Å²) in [6.07, 6.45) is 20.5. The molecule has 61 heavy (non-hydrogen) atoms. The molecule has 0 aliphatic carbocycles. The van der Waals surface area contributed by atoms with Crippen molar-refractivity contribution in [3.63, 3.8) is 0 Å². The number of hydrogen-bond donors (Lipinski definition) is 4. The van der Waals surface area contributed by atoms with Crippen LogP contribution < -0.4 is 5.73 Å². The first-order valence-corrected chi connectivity index (χ1v) is 28.5. The van der Waals surface area contributed by atoms with Crippen molar-refractivity contribution in [2.45, 2.75) is 201 Å². The number of imide groups is 1. The smallest absolute Gasteiger partial charge is 0.254 e. The number of hydroxylamine groups is 2. The number of aliphatic hydroxyl groups is 2. The summed E-state index contributed by atoms with van der Waals surface area (Å²) in [6.45, 7) is 18.7. The van der Waals surface area contributed by atoms with E-state index in [2.05, 4.69) is 134 Å². The van der Waals surface area contributed by atoms with Crippen molar-refractivity contribution in [2.24, 2.45) is 17.6 Å². The van der Waals surface area contributed by atoms with Crippen molar-refractivity contribution < 1.29 is 43.7 Å². The quantitative estimate of drug-likeness (QED) is 0.0135. The van der Waals surface area contributed by atoms with Crippen LogP contribution in [-0.2, 0) is 33.5 Å². The number of rotatable bonds is 30. The van der Waals surface area contributed by atoms with Gasteiger partial charge in [0, 0.05) is 24.7 Å². The Hall–Kier alpha value is 1.13. The summed E-state index contributed by atoms with van der Waals surface area (Å²) in [5, 5.41) is 22.9. The fourth-order valence-corrected chi connectivity index (χ4v) is 6.92. The second-order valence-electron chi connectivity index (χ2n) is 14.7. The van der Waals surface area contributed by atoms with Crippen LogP contribution in [0.5, 0.6) is 0 Å². The maximum atomic E-state index is 12.4. The number of carbonyl (C=O) groups excluding carboxylic acids is 4. The van der Waals surface area contributed by atoms with Gasteiger partial charge in [0.1, 0.15) is 24.4 Å². The van der Waals surface area contributed by atoms with Gasteiger partial charge in [-0.2, -0.15) is 29.5 Å². The van der Waals surface area contributed by atoms with Gasteiger partial charge in [0.25, 0.3) is 11.8 Å². The number of ketones is 2. The average Bonchev–Trinajstić information content (AvgIpc) is 3.59. The molecule has 368 valence electrons. The van der Waals surface area contributed by atoms with Gasteiger partial charge in [0.05, 0.1) is 0 Å². The summed E-state index contributed by atoms with van der Waals surface area (Å²) in [7, 11) is 1.50. The molecule has 16 heteroatoms. The number of ether oxygens (including phenoxy) is 2. The number of alkyl halides is 3. The molecule has 0 radical (unpaired) electrons. The first-order valence-electron chi connectivity index (χ1n) is 22.6. The molecule has 0 aromatic rings. The Morgan fingerprint density at radius 1 is 0.705 bits per heavy atom. The normalized spacial score (nSPS) is 14.9. The van der Waals surface area contributed by atoms with Crippen LogP contribution in [0.2, 0.25) is 0 Å². The lowest BCUT2D eigenvalue weighted by Gasteiger charge is -2.29. The minimum atomic E-state index is -1.41. The summed E-state index contributed by atoms with van der Waals surface area (Å²) in [5.74, 6) is -0.632. The summed E-state index contributed by atoms with van der Waals surface area (Å²) >= 11 is 12.4. The fraction of sp³-hybridized carbons (Fsp3) is 0.911. The Kier molecular flexibility index (Phi) is 57.2. The lowest BCUT2D eigenvalue weighted by molar-refractivity contribution is -0.217. The maximum Gasteiger partial charge on any atom is 0.254 e. The Labute approximate surface area is 425 Å². The van der Waals surface area contributed by atoms with Crippen molar-refractivity contribution in [1.29, 1.82) is 0 Å². The van der Waals surface area contributed by atoms with E-state index in [-0.39, 0.29) is 38.6 Å². The van der Waals surface area contributed by atoms with E-state index >= 15 is 0 Å². The molecule has 2 amide bonds. The van der Waals surface area contributed by atoms with Gasteiger partial charge in [-0.05, 0) is 76.3 Å². The van der Waals surface area contributed by atoms with Crippen LogP contribution in [0, 0.1) is 11.8 Å². The number of hydrogen-bond acceptors (Lipinski definition) is 12. The molecule has 0 spiro atoms. The molecule has 0 saturated carbocycles. The van der Waals surface area contributed by atoms with Crippen LogP contribution in [0.1, 0.15) is 184 Å². The Bertz CT molecular complexity index is 1010. The lowest BCUT2D eigenvalue weighted by Crippen LogP contribution is -2.42. The zero-order chi connectivity index (χ0) is 48.3. The first kappa shape index (κ1) is 71.1. The average molecular weight is 1250 g/mol. The summed E-state index contributed by atoms with van der Waals surface area (Å²) in [4.78, 5) is 52.4. The molecule has 4 N–H and O–H groups in total. The minimum absolute atomic E-state index is 0.0452. The maximum absolute atomic E-state index is 12.4. The van der Waals surface area contributed by atoms with Crippen molar-refractivity contribution in [2.75, 3.05) is 46.2 Å². The number of thiol groups is 1. The third-order valence-corrected chi connectivity index (χ3v) is 11.7. The van der Waals surface area contributed by atoms with Crippen LogP contribution in [0.25, 0.3) is 0 Å². The molecule has 1 saturated heterocycles. The predicted octanol–water partition coefficient (Wildman–Crippen LogP) is 12.1. The van der Waals surface area contributed by atoms with Gasteiger partial charge in [0.15, 0.2) is 18.4 Å². The molecule has 1 fully saturated rings. The molecule has 4 atom stereocenters. The second-order valence-corrected chi connectivity index (χ2v) is 26.7. The molecule has 1 aliphatic heterocycles. The van der Waals surface area contributed by atoms with Crippen LogP contribution in [-0.4, -0.2) is 101 Å². The number of thioether (sulfide) groups is 1. The number of halogens is 3. The number of amides is 2. The van der Waals surface area contributed by atoms with Gasteiger partial charge in [-0.15, -0.1) is 0 Å². The number of unbranched alkanes of at least 4 members (excludes halogenated alkanes) is 4. The Morgan fingerprint density at radius 3 is 1.36 bits per heavy atom. The highest BCUT2D eigenvalue weighted by molar-refractivity contribution is 14.3. The molecule has 4 unspecified atom stereocenters. The number of nitrogens with zero attached hydrogens (tertiary/aromatic N) is 1. The van der Waals surface area contributed by atoms with Crippen molar-refractivity contribution >= 4 is 116 Å². The van der Waals surface area contributed by atoms with Crippen molar-refractivity contribution in [3.8, 4) is 0 Å². The van der Waals surface area contributed by atoms with Gasteiger partial charge in [-0.3, -0.25) is 19.2 Å². The molecule has 1 rings (SSSR count). The van der Waals surface area contributed by atoms with E-state index in [0.29, 0.717) is 49.2 Å². The molecular weight excluding hydrogens is 1160 g/mol. The standard InChI is InChI=1S/C19H33NO6.C17H34O3.C6H14S.CHI3.CH5N.CH4S/c1-4-7-8-9-15(5-2)12-19(24,6-3)16(21)13-25-14-26-20-17(22)10-11-18(20)23;1-5-9-10-11-15(7-3)13-17(19,8-4)16(18)14-20-12-6-2;1-4-6(5-2)7-3;2-1(3)4;2*1-2/h15,24H,4-14H2,1-3H3;15,19H,5-14H2,1-4H3;6H,4-5H2,1-3H3;1H;2H2,1H3;2H,1H3. The highest BCUT2D eigenvalue weighted by atomic mass is 127. The molecule has 0 aromatic carbocycles. The van der Waals surface area contributed by atoms with Gasteiger partial charge in [0.2, 0.25) is 0 Å². The monoisotopic (exact) mass is 1250 g/mol. The van der Waals surface area contributed by atoms with Gasteiger partial charge < -0.3 is 25.4 Å². The van der Waals surface area contributed by atoms with E-state index in [4.69, 9.17) is 14.3 Å². The zero-order valence-electron chi connectivity index (χ0n) is 40.3. The molecule has 1 heterocycles. The number of carbonyl (C=O) groups is 4. The number of Topliss-reactive ketones (excluding diaryl/α,β-unsaturated/α-hetero) is 2. The number of nitrogens with two attached hydrogens (primary N) is 1. The van der Waals surface area contributed by atoms with Crippen LogP contribution in [0.15, 0.2) is 0 Å². The lowest BCUT2D eigenvalue weighted by atomic mass is 9.81. The van der Waals surface area contributed by atoms with E-state index in [9.17, 15) is 29.4 Å². The highest BCUT2D eigenvalue weighted by Gasteiger charge is 2.37. The van der Waals surface area contributed by atoms with Gasteiger partial charge in [-0.25, -0.2) is 4.84 Å². The SMILES string of the molecule is CCC(CC)SC.CCCCCC(CC)CC(O)(CC)C(=O)COCCC.CCCCCC(CC)CC(O)(CC)C(=O)COCON1C(=O)CCC1=O.CN.CS.IC(I)I. The largest absolute Gasteiger partial charge is 0.382 e. The van der Waals surface area contributed by atoms with Crippen molar-refractivity contribution in [1.82, 2.24) is 5.06 Å². The van der Waals surface area contributed by atoms with E-state index < -0.39 is 28.8 Å². The zero-order valence-corrected chi connectivity index (χ0v) is 48.5. The van der Waals surface area contributed by atoms with Gasteiger partial charge >= 0.3 is 0 Å². The molecule has 0 bridgehead atoms. The van der Waals surface area contributed by atoms with E-state index in [1.807, 2.05) is 25.6 Å². The molecule has 11 nitrogen and oxygen atoms in total. The molecular formula is C45H91I3N2O9S2. The van der Waals surface area contributed by atoms with Crippen LogP contribution in [0.4, 0.5) is 0 Å². The first-order chi connectivity index (χ1) is 29.0. The van der Waals surface area contributed by atoms with E-state index in [1.54, 1.807) is 13.2 Å². The predicted molar refractivity (Wildman–Crippen MR) is 288 cm³/mol. The van der Waals surface area contributed by atoms with E-state index in [1.165, 1.54) is 39.2 Å². The minimum Gasteiger partial charge on any atom is -0.382 e. The fourth-order valence-electron chi connectivity index (χ4n) is 6.26. The summed E-state index contributed by atoms with van der Waals surface area (Å²) in [5.41, 5.74) is 1.90. The Morgan fingerprint density at radius 2 is 1.08 bits per heavy atom. The third kappa shape index (κ3) is 38.9. The van der Waals surface area contributed by atoms with E-state index in [0.717, 1.165) is 56.6 Å². The van der Waals surface area contributed by atoms with Crippen LogP contribution >= 0.6 is 92.2 Å². The second kappa shape index (κ2) is 49.0. The summed E-state index contributed by atoms with van der Waals surface area (Å²) < 4.78 is 11.2. The summed E-state index contributed by atoms with van der Waals surface area (Å²) in [6, 6.07) is 0. The molecule has 1 aliphatic rings. The highest BCUT2D eigenvalue weighted by Crippen LogP contribution is 2.29. The van der Waals surface area contributed by atoms with Gasteiger partial charge in [-0.1, -0.05) is 194 Å².